The summed E-state index contributed by atoms with van der Waals surface area (Å²) in [7, 11) is 0. The molecule has 2 heterocycles. The highest BCUT2D eigenvalue weighted by Crippen LogP contribution is 2.45. The molecular formula is C27H35N3O2. The lowest BCUT2D eigenvalue weighted by molar-refractivity contribution is -0.131. The molecule has 5 heteroatoms. The predicted octanol–water partition coefficient (Wildman–Crippen LogP) is 3.65. The van der Waals surface area contributed by atoms with Crippen molar-refractivity contribution in [2.45, 2.75) is 34.2 Å². The Hall–Kier alpha value is -2.66. The fourth-order valence-corrected chi connectivity index (χ4v) is 5.06. The smallest absolute Gasteiger partial charge is 0.253 e. The van der Waals surface area contributed by atoms with Crippen LogP contribution in [0.3, 0.4) is 0 Å². The zero-order valence-electron chi connectivity index (χ0n) is 19.7. The Morgan fingerprint density at radius 2 is 1.75 bits per heavy atom. The molecule has 2 aromatic rings. The standard InChI is InChI=1S/C27H35N3O2/c1-19(2)13-28-25(31)24-15-29(14-22-8-6-5-7-9-22)16-27(24)17-30(18-27)26(32)23-11-10-20(3)21(4)12-23/h5-12,19,24H,13-18H2,1-4H3,(H,28,31). The maximum atomic E-state index is 13.1. The van der Waals surface area contributed by atoms with E-state index in [4.69, 9.17) is 0 Å². The Kier molecular flexibility index (Phi) is 6.38. The van der Waals surface area contributed by atoms with Gasteiger partial charge in [-0.25, -0.2) is 0 Å². The van der Waals surface area contributed by atoms with E-state index in [-0.39, 0.29) is 23.1 Å². The average molecular weight is 434 g/mol. The number of aryl methyl sites for hydroxylation is 2. The third-order valence-corrected chi connectivity index (χ3v) is 7.02. The van der Waals surface area contributed by atoms with Crippen LogP contribution in [0.5, 0.6) is 0 Å². The lowest BCUT2D eigenvalue weighted by Crippen LogP contribution is -2.64. The van der Waals surface area contributed by atoms with Gasteiger partial charge in [0.05, 0.1) is 5.92 Å². The maximum absolute atomic E-state index is 13.1. The second kappa shape index (κ2) is 9.07. The van der Waals surface area contributed by atoms with Crippen molar-refractivity contribution < 1.29 is 9.59 Å². The van der Waals surface area contributed by atoms with Gasteiger partial charge in [0.2, 0.25) is 5.91 Å². The predicted molar refractivity (Wildman–Crippen MR) is 127 cm³/mol. The summed E-state index contributed by atoms with van der Waals surface area (Å²) in [6, 6.07) is 16.3. The molecule has 0 aromatic heterocycles. The summed E-state index contributed by atoms with van der Waals surface area (Å²) in [6.45, 7) is 12.7. The molecule has 1 N–H and O–H groups in total. The van der Waals surface area contributed by atoms with Crippen LogP contribution in [0.1, 0.15) is 40.9 Å². The largest absolute Gasteiger partial charge is 0.356 e. The molecule has 5 nitrogen and oxygen atoms in total. The Morgan fingerprint density at radius 1 is 1.03 bits per heavy atom. The van der Waals surface area contributed by atoms with Crippen molar-refractivity contribution in [3.05, 3.63) is 70.8 Å². The quantitative estimate of drug-likeness (QED) is 0.757. The van der Waals surface area contributed by atoms with Gasteiger partial charge in [0.25, 0.3) is 5.91 Å². The minimum absolute atomic E-state index is 0.0709. The molecule has 32 heavy (non-hydrogen) atoms. The van der Waals surface area contributed by atoms with Gasteiger partial charge in [-0.3, -0.25) is 14.5 Å². The van der Waals surface area contributed by atoms with Crippen molar-refractivity contribution >= 4 is 11.8 Å². The summed E-state index contributed by atoms with van der Waals surface area (Å²) in [5.41, 5.74) is 4.16. The summed E-state index contributed by atoms with van der Waals surface area (Å²) in [4.78, 5) is 30.5. The topological polar surface area (TPSA) is 52.7 Å². The molecule has 170 valence electrons. The Bertz CT molecular complexity index is 980. The number of likely N-dealkylation sites (tertiary alicyclic amines) is 2. The van der Waals surface area contributed by atoms with E-state index in [2.05, 4.69) is 55.3 Å². The maximum Gasteiger partial charge on any atom is 0.253 e. The summed E-state index contributed by atoms with van der Waals surface area (Å²) in [6.07, 6.45) is 0. The van der Waals surface area contributed by atoms with Crippen LogP contribution in [0.25, 0.3) is 0 Å². The fourth-order valence-electron chi connectivity index (χ4n) is 5.06. The molecule has 1 spiro atoms. The van der Waals surface area contributed by atoms with Crippen molar-refractivity contribution in [2.24, 2.45) is 17.3 Å². The first kappa shape index (κ1) is 22.5. The molecule has 4 rings (SSSR count). The molecular weight excluding hydrogens is 398 g/mol. The summed E-state index contributed by atoms with van der Waals surface area (Å²) < 4.78 is 0. The highest BCUT2D eigenvalue weighted by molar-refractivity contribution is 5.95. The Morgan fingerprint density at radius 3 is 2.41 bits per heavy atom. The number of benzene rings is 2. The van der Waals surface area contributed by atoms with E-state index in [9.17, 15) is 9.59 Å². The van der Waals surface area contributed by atoms with Crippen molar-refractivity contribution in [3.8, 4) is 0 Å². The Balaban J connectivity index is 1.48. The average Bonchev–Trinajstić information content (AvgIpc) is 3.12. The van der Waals surface area contributed by atoms with E-state index in [1.807, 2.05) is 36.1 Å². The normalized spacial score (nSPS) is 19.9. The molecule has 2 fully saturated rings. The number of amides is 2. The number of carbonyl (C=O) groups excluding carboxylic acids is 2. The third kappa shape index (κ3) is 4.58. The van der Waals surface area contributed by atoms with E-state index in [1.165, 1.54) is 11.1 Å². The number of carbonyl (C=O) groups is 2. The molecule has 1 unspecified atom stereocenters. The first-order chi connectivity index (χ1) is 15.3. The van der Waals surface area contributed by atoms with E-state index in [1.54, 1.807) is 0 Å². The molecule has 0 radical (unpaired) electrons. The van der Waals surface area contributed by atoms with Crippen molar-refractivity contribution in [3.63, 3.8) is 0 Å². The fraction of sp³-hybridized carbons (Fsp3) is 0.481. The zero-order valence-corrected chi connectivity index (χ0v) is 19.7. The van der Waals surface area contributed by atoms with Crippen molar-refractivity contribution in [1.29, 1.82) is 0 Å². The number of nitrogens with zero attached hydrogens (tertiary/aromatic N) is 2. The molecule has 0 aliphatic carbocycles. The molecule has 2 saturated heterocycles. The van der Waals surface area contributed by atoms with Gasteiger partial charge in [-0.2, -0.15) is 0 Å². The highest BCUT2D eigenvalue weighted by Gasteiger charge is 2.57. The van der Waals surface area contributed by atoms with E-state index in [0.717, 1.165) is 30.8 Å². The minimum atomic E-state index is -0.161. The molecule has 2 aliphatic rings. The molecule has 2 aliphatic heterocycles. The SMILES string of the molecule is Cc1ccc(C(=O)N2CC3(CN(Cc4ccccc4)CC3C(=O)NCC(C)C)C2)cc1C. The van der Waals surface area contributed by atoms with Crippen LogP contribution in [-0.2, 0) is 11.3 Å². The lowest BCUT2D eigenvalue weighted by Gasteiger charge is -2.50. The second-order valence-electron chi connectivity index (χ2n) is 10.2. The van der Waals surface area contributed by atoms with Gasteiger partial charge in [-0.15, -0.1) is 0 Å². The summed E-state index contributed by atoms with van der Waals surface area (Å²) in [5, 5.41) is 3.15. The first-order valence-electron chi connectivity index (χ1n) is 11.7. The molecule has 0 bridgehead atoms. The number of hydrogen-bond acceptors (Lipinski definition) is 3. The number of hydrogen-bond donors (Lipinski definition) is 1. The summed E-state index contributed by atoms with van der Waals surface area (Å²) >= 11 is 0. The van der Waals surface area contributed by atoms with Crippen LogP contribution in [0.2, 0.25) is 0 Å². The van der Waals surface area contributed by atoms with E-state index < -0.39 is 0 Å². The van der Waals surface area contributed by atoms with Gasteiger partial charge >= 0.3 is 0 Å². The number of rotatable bonds is 6. The van der Waals surface area contributed by atoms with Gasteiger partial charge in [-0.1, -0.05) is 50.2 Å². The van der Waals surface area contributed by atoms with Crippen LogP contribution in [0, 0.1) is 31.1 Å². The summed E-state index contributed by atoms with van der Waals surface area (Å²) in [5.74, 6) is 0.531. The van der Waals surface area contributed by atoms with Gasteiger partial charge in [0, 0.05) is 50.2 Å². The molecule has 2 amide bonds. The minimum Gasteiger partial charge on any atom is -0.356 e. The van der Waals surface area contributed by atoms with Crippen molar-refractivity contribution in [2.75, 3.05) is 32.7 Å². The van der Waals surface area contributed by atoms with Crippen LogP contribution in [-0.4, -0.2) is 54.3 Å². The molecule has 0 saturated carbocycles. The van der Waals surface area contributed by atoms with Crippen LogP contribution < -0.4 is 5.32 Å². The van der Waals surface area contributed by atoms with Gasteiger partial charge in [-0.05, 0) is 48.6 Å². The van der Waals surface area contributed by atoms with Gasteiger partial charge < -0.3 is 10.2 Å². The second-order valence-corrected chi connectivity index (χ2v) is 10.2. The number of nitrogens with one attached hydrogen (secondary N) is 1. The first-order valence-corrected chi connectivity index (χ1v) is 11.7. The highest BCUT2D eigenvalue weighted by atomic mass is 16.2. The van der Waals surface area contributed by atoms with Crippen LogP contribution in [0.15, 0.2) is 48.5 Å². The lowest BCUT2D eigenvalue weighted by atomic mass is 9.71. The third-order valence-electron chi connectivity index (χ3n) is 7.02. The van der Waals surface area contributed by atoms with Crippen molar-refractivity contribution in [1.82, 2.24) is 15.1 Å². The van der Waals surface area contributed by atoms with Crippen LogP contribution in [0.4, 0.5) is 0 Å². The van der Waals surface area contributed by atoms with Gasteiger partial charge in [0.15, 0.2) is 0 Å². The van der Waals surface area contributed by atoms with Gasteiger partial charge in [0.1, 0.15) is 0 Å². The molecule has 1 atom stereocenters. The van der Waals surface area contributed by atoms with E-state index >= 15 is 0 Å². The van der Waals surface area contributed by atoms with Crippen LogP contribution >= 0.6 is 0 Å². The Labute approximate surface area is 191 Å². The van der Waals surface area contributed by atoms with E-state index in [0.29, 0.717) is 25.6 Å². The zero-order chi connectivity index (χ0) is 22.9. The monoisotopic (exact) mass is 433 g/mol. The molecule has 2 aromatic carbocycles.